The maximum absolute atomic E-state index is 12.0. The molecule has 0 radical (unpaired) electrons. The van der Waals surface area contributed by atoms with Gasteiger partial charge in [-0.25, -0.2) is 13.1 Å². The lowest BCUT2D eigenvalue weighted by Crippen LogP contribution is -2.26. The van der Waals surface area contributed by atoms with Gasteiger partial charge in [0.25, 0.3) is 0 Å². The van der Waals surface area contributed by atoms with Crippen molar-refractivity contribution in [1.82, 2.24) is 4.72 Å². The molecule has 0 amide bonds. The Morgan fingerprint density at radius 1 is 1.50 bits per heavy atom. The number of nitrogens with one attached hydrogen (secondary N) is 1. The molecule has 7 heteroatoms. The van der Waals surface area contributed by atoms with E-state index in [1.54, 1.807) is 30.0 Å². The zero-order valence-corrected chi connectivity index (χ0v) is 13.5. The van der Waals surface area contributed by atoms with E-state index in [2.05, 4.69) is 27.2 Å². The Balaban J connectivity index is 2.65. The van der Waals surface area contributed by atoms with E-state index in [0.717, 1.165) is 10.2 Å². The first-order valence-corrected chi connectivity index (χ1v) is 8.91. The summed E-state index contributed by atoms with van der Waals surface area (Å²) >= 11 is 10.8. The van der Waals surface area contributed by atoms with Gasteiger partial charge in [0, 0.05) is 22.5 Å². The zero-order chi connectivity index (χ0) is 13.6. The van der Waals surface area contributed by atoms with Gasteiger partial charge < -0.3 is 0 Å². The SMILES string of the molecule is C=CCSCCNS(=O)(=O)c1ccc(Br)cc1Cl. The van der Waals surface area contributed by atoms with Gasteiger partial charge >= 0.3 is 0 Å². The molecule has 0 aromatic heterocycles. The van der Waals surface area contributed by atoms with E-state index in [1.165, 1.54) is 6.07 Å². The van der Waals surface area contributed by atoms with Crippen molar-refractivity contribution in [3.05, 3.63) is 40.3 Å². The normalized spacial score (nSPS) is 11.4. The van der Waals surface area contributed by atoms with Crippen molar-refractivity contribution in [3.63, 3.8) is 0 Å². The Morgan fingerprint density at radius 3 is 2.83 bits per heavy atom. The summed E-state index contributed by atoms with van der Waals surface area (Å²) in [6.07, 6.45) is 1.78. The predicted molar refractivity (Wildman–Crippen MR) is 81.9 cm³/mol. The smallest absolute Gasteiger partial charge is 0.210 e. The molecule has 0 unspecified atom stereocenters. The van der Waals surface area contributed by atoms with Gasteiger partial charge in [-0.2, -0.15) is 11.8 Å². The molecule has 0 saturated carbocycles. The minimum Gasteiger partial charge on any atom is -0.210 e. The van der Waals surface area contributed by atoms with Crippen LogP contribution in [0, 0.1) is 0 Å². The third-order valence-electron chi connectivity index (χ3n) is 1.96. The first-order valence-electron chi connectivity index (χ1n) is 5.10. The Bertz CT molecular complexity index is 520. The Hall–Kier alpha value is -0.0100. The Kier molecular flexibility index (Phi) is 6.73. The van der Waals surface area contributed by atoms with Crippen LogP contribution in [0.1, 0.15) is 0 Å². The lowest BCUT2D eigenvalue weighted by Gasteiger charge is -2.08. The summed E-state index contributed by atoms with van der Waals surface area (Å²) in [5.74, 6) is 1.50. The van der Waals surface area contributed by atoms with Gasteiger partial charge in [0.1, 0.15) is 4.90 Å². The number of benzene rings is 1. The number of rotatable bonds is 7. The standard InChI is InChI=1S/C11H13BrClNO2S2/c1-2-6-17-7-5-14-18(15,16)11-4-3-9(12)8-10(11)13/h2-4,8,14H,1,5-7H2. The van der Waals surface area contributed by atoms with Crippen LogP contribution in [0.15, 0.2) is 40.2 Å². The largest absolute Gasteiger partial charge is 0.242 e. The van der Waals surface area contributed by atoms with Crippen LogP contribution < -0.4 is 4.72 Å². The van der Waals surface area contributed by atoms with Crippen molar-refractivity contribution in [3.8, 4) is 0 Å². The van der Waals surface area contributed by atoms with E-state index in [0.29, 0.717) is 12.3 Å². The molecule has 0 bridgehead atoms. The molecule has 0 atom stereocenters. The van der Waals surface area contributed by atoms with Crippen LogP contribution in [0.2, 0.25) is 5.02 Å². The van der Waals surface area contributed by atoms with Gasteiger partial charge in [0.15, 0.2) is 0 Å². The van der Waals surface area contributed by atoms with Gasteiger partial charge in [0.05, 0.1) is 5.02 Å². The van der Waals surface area contributed by atoms with E-state index in [1.807, 2.05) is 0 Å². The molecule has 3 nitrogen and oxygen atoms in total. The molecule has 0 aliphatic carbocycles. The molecule has 0 spiro atoms. The molecule has 0 heterocycles. The molecule has 0 aliphatic heterocycles. The van der Waals surface area contributed by atoms with Crippen molar-refractivity contribution in [2.45, 2.75) is 4.90 Å². The van der Waals surface area contributed by atoms with Crippen molar-refractivity contribution in [1.29, 1.82) is 0 Å². The van der Waals surface area contributed by atoms with Crippen molar-refractivity contribution in [2.24, 2.45) is 0 Å². The third-order valence-corrected chi connectivity index (χ3v) is 5.36. The summed E-state index contributed by atoms with van der Waals surface area (Å²) in [7, 11) is -3.54. The number of sulfonamides is 1. The molecule has 1 aromatic carbocycles. The monoisotopic (exact) mass is 369 g/mol. The first kappa shape index (κ1) is 16.0. The van der Waals surface area contributed by atoms with Gasteiger partial charge in [-0.3, -0.25) is 0 Å². The summed E-state index contributed by atoms with van der Waals surface area (Å²) in [5, 5.41) is 0.204. The van der Waals surface area contributed by atoms with Crippen LogP contribution in [0.5, 0.6) is 0 Å². The first-order chi connectivity index (χ1) is 8.47. The highest BCUT2D eigenvalue weighted by molar-refractivity contribution is 9.10. The Morgan fingerprint density at radius 2 is 2.22 bits per heavy atom. The summed E-state index contributed by atoms with van der Waals surface area (Å²) < 4.78 is 27.2. The lowest BCUT2D eigenvalue weighted by molar-refractivity contribution is 0.584. The van der Waals surface area contributed by atoms with Gasteiger partial charge in [0.2, 0.25) is 10.0 Å². The third kappa shape index (κ3) is 4.93. The van der Waals surface area contributed by atoms with E-state index in [-0.39, 0.29) is 9.92 Å². The summed E-state index contributed by atoms with van der Waals surface area (Å²) in [4.78, 5) is 0.0982. The van der Waals surface area contributed by atoms with Crippen LogP contribution in [0.3, 0.4) is 0 Å². The second-order valence-electron chi connectivity index (χ2n) is 3.34. The number of halogens is 2. The molecular weight excluding hydrogens is 358 g/mol. The summed E-state index contributed by atoms with van der Waals surface area (Å²) in [5.41, 5.74) is 0. The lowest BCUT2D eigenvalue weighted by atomic mass is 10.4. The maximum Gasteiger partial charge on any atom is 0.242 e. The Labute approximate surface area is 125 Å². The molecule has 0 fully saturated rings. The number of thioether (sulfide) groups is 1. The molecule has 18 heavy (non-hydrogen) atoms. The van der Waals surface area contributed by atoms with Gasteiger partial charge in [-0.15, -0.1) is 6.58 Å². The molecule has 100 valence electrons. The van der Waals surface area contributed by atoms with Crippen LogP contribution >= 0.6 is 39.3 Å². The van der Waals surface area contributed by atoms with Crippen molar-refractivity contribution in [2.75, 3.05) is 18.1 Å². The fourth-order valence-corrected chi connectivity index (χ4v) is 3.96. The van der Waals surface area contributed by atoms with E-state index < -0.39 is 10.0 Å². The zero-order valence-electron chi connectivity index (χ0n) is 9.53. The van der Waals surface area contributed by atoms with Crippen LogP contribution in [-0.2, 0) is 10.0 Å². The average Bonchev–Trinajstić information content (AvgIpc) is 2.28. The average molecular weight is 371 g/mol. The fraction of sp³-hybridized carbons (Fsp3) is 0.273. The van der Waals surface area contributed by atoms with Crippen molar-refractivity contribution < 1.29 is 8.42 Å². The highest BCUT2D eigenvalue weighted by Gasteiger charge is 2.17. The summed E-state index contributed by atoms with van der Waals surface area (Å²) in [6, 6.07) is 4.68. The second kappa shape index (κ2) is 7.55. The number of hydrogen-bond donors (Lipinski definition) is 1. The minimum absolute atomic E-state index is 0.0982. The van der Waals surface area contributed by atoms with Crippen LogP contribution in [0.4, 0.5) is 0 Å². The molecule has 0 aliphatic rings. The maximum atomic E-state index is 12.0. The molecule has 1 aromatic rings. The van der Waals surface area contributed by atoms with Gasteiger partial charge in [-0.05, 0) is 18.2 Å². The molecule has 0 saturated heterocycles. The second-order valence-corrected chi connectivity index (χ2v) is 7.54. The highest BCUT2D eigenvalue weighted by atomic mass is 79.9. The van der Waals surface area contributed by atoms with Crippen LogP contribution in [-0.4, -0.2) is 26.5 Å². The van der Waals surface area contributed by atoms with Crippen LogP contribution in [0.25, 0.3) is 0 Å². The molecule has 1 N–H and O–H groups in total. The highest BCUT2D eigenvalue weighted by Crippen LogP contribution is 2.24. The van der Waals surface area contributed by atoms with Crippen molar-refractivity contribution >= 4 is 49.3 Å². The van der Waals surface area contributed by atoms with E-state index >= 15 is 0 Å². The predicted octanol–water partition coefficient (Wildman–Crippen LogP) is 3.30. The topological polar surface area (TPSA) is 46.2 Å². The molecular formula is C11H13BrClNO2S2. The minimum atomic E-state index is -3.54. The fourth-order valence-electron chi connectivity index (χ4n) is 1.19. The van der Waals surface area contributed by atoms with Gasteiger partial charge in [-0.1, -0.05) is 33.6 Å². The quantitative estimate of drug-likeness (QED) is 0.592. The number of hydrogen-bond acceptors (Lipinski definition) is 3. The van der Waals surface area contributed by atoms with E-state index in [4.69, 9.17) is 11.6 Å². The summed E-state index contributed by atoms with van der Waals surface area (Å²) in [6.45, 7) is 3.96. The molecule has 1 rings (SSSR count). The van der Waals surface area contributed by atoms with E-state index in [9.17, 15) is 8.42 Å².